The maximum atomic E-state index is 5.63. The predicted molar refractivity (Wildman–Crippen MR) is 73.1 cm³/mol. The number of hydrogen-bond donors (Lipinski definition) is 1. The van der Waals surface area contributed by atoms with E-state index in [1.807, 2.05) is 13.1 Å². The average Bonchev–Trinajstić information content (AvgIpc) is 2.91. The fraction of sp³-hybridized carbons (Fsp3) is 0.692. The van der Waals surface area contributed by atoms with Crippen molar-refractivity contribution in [1.82, 2.24) is 10.2 Å². The summed E-state index contributed by atoms with van der Waals surface area (Å²) in [4.78, 5) is 2.54. The molecule has 17 heavy (non-hydrogen) atoms. The zero-order chi connectivity index (χ0) is 12.5. The highest BCUT2D eigenvalue weighted by Gasteiger charge is 2.39. The van der Waals surface area contributed by atoms with Crippen LogP contribution < -0.4 is 5.32 Å². The van der Waals surface area contributed by atoms with Gasteiger partial charge in [-0.1, -0.05) is 0 Å². The van der Waals surface area contributed by atoms with Crippen LogP contribution in [0.4, 0.5) is 0 Å². The third kappa shape index (κ3) is 2.44. The summed E-state index contributed by atoms with van der Waals surface area (Å²) in [5.74, 6) is 0.990. The van der Waals surface area contributed by atoms with Gasteiger partial charge in [0.15, 0.2) is 0 Å². The standard InChI is InChI=1S/C13H21BrN2O/c1-13(2,16-7-4-5-8-16)12(15-3)11-10(14)6-9-17-11/h6,9,12,15H,4-5,7-8H2,1-3H3. The Morgan fingerprint density at radius 2 is 2.06 bits per heavy atom. The van der Waals surface area contributed by atoms with E-state index in [9.17, 15) is 0 Å². The molecular formula is C13H21BrN2O. The Hall–Kier alpha value is -0.320. The van der Waals surface area contributed by atoms with Gasteiger partial charge < -0.3 is 9.73 Å². The lowest BCUT2D eigenvalue weighted by atomic mass is 9.91. The van der Waals surface area contributed by atoms with Gasteiger partial charge in [0.2, 0.25) is 0 Å². The summed E-state index contributed by atoms with van der Waals surface area (Å²) in [5.41, 5.74) is 0.0611. The minimum Gasteiger partial charge on any atom is -0.466 e. The molecule has 2 heterocycles. The molecule has 0 amide bonds. The Balaban J connectivity index is 2.25. The molecule has 1 saturated heterocycles. The maximum Gasteiger partial charge on any atom is 0.136 e. The normalized spacial score (nSPS) is 19.8. The summed E-state index contributed by atoms with van der Waals surface area (Å²) in [6.45, 7) is 6.94. The highest BCUT2D eigenvalue weighted by Crippen LogP contribution is 2.36. The molecule has 0 spiro atoms. The molecule has 0 saturated carbocycles. The Bertz CT molecular complexity index is 369. The molecule has 1 aliphatic rings. The molecule has 0 radical (unpaired) electrons. The Morgan fingerprint density at radius 1 is 1.41 bits per heavy atom. The monoisotopic (exact) mass is 300 g/mol. The molecule has 0 aliphatic carbocycles. The first kappa shape index (κ1) is 13.1. The number of furan rings is 1. The quantitative estimate of drug-likeness (QED) is 0.926. The van der Waals surface area contributed by atoms with E-state index < -0.39 is 0 Å². The van der Waals surface area contributed by atoms with E-state index in [4.69, 9.17) is 4.42 Å². The van der Waals surface area contributed by atoms with Crippen LogP contribution in [0.5, 0.6) is 0 Å². The number of hydrogen-bond acceptors (Lipinski definition) is 3. The molecule has 0 bridgehead atoms. The topological polar surface area (TPSA) is 28.4 Å². The number of nitrogens with zero attached hydrogens (tertiary/aromatic N) is 1. The van der Waals surface area contributed by atoms with E-state index in [0.29, 0.717) is 0 Å². The zero-order valence-electron chi connectivity index (χ0n) is 10.8. The summed E-state index contributed by atoms with van der Waals surface area (Å²) in [6.07, 6.45) is 4.35. The Morgan fingerprint density at radius 3 is 2.53 bits per heavy atom. The van der Waals surface area contributed by atoms with Crippen LogP contribution in [0.1, 0.15) is 38.5 Å². The first-order valence-electron chi connectivity index (χ1n) is 6.22. The minimum atomic E-state index is 0.0611. The molecule has 1 aromatic heterocycles. The molecule has 96 valence electrons. The second-order valence-electron chi connectivity index (χ2n) is 5.20. The van der Waals surface area contributed by atoms with Crippen molar-refractivity contribution in [2.75, 3.05) is 20.1 Å². The number of halogens is 1. The van der Waals surface area contributed by atoms with E-state index in [1.165, 1.54) is 25.9 Å². The predicted octanol–water partition coefficient (Wildman–Crippen LogP) is 3.18. The third-order valence-corrected chi connectivity index (χ3v) is 4.48. The lowest BCUT2D eigenvalue weighted by Crippen LogP contribution is -2.50. The van der Waals surface area contributed by atoms with Crippen molar-refractivity contribution >= 4 is 15.9 Å². The first-order chi connectivity index (χ1) is 8.07. The lowest BCUT2D eigenvalue weighted by Gasteiger charge is -2.41. The molecule has 1 atom stereocenters. The number of nitrogens with one attached hydrogen (secondary N) is 1. The molecule has 0 aromatic carbocycles. The van der Waals surface area contributed by atoms with Gasteiger partial charge >= 0.3 is 0 Å². The van der Waals surface area contributed by atoms with Crippen LogP contribution in [-0.4, -0.2) is 30.6 Å². The van der Waals surface area contributed by atoms with Gasteiger partial charge in [-0.05, 0) is 68.8 Å². The molecule has 3 nitrogen and oxygen atoms in total. The highest BCUT2D eigenvalue weighted by atomic mass is 79.9. The summed E-state index contributed by atoms with van der Waals surface area (Å²) in [6, 6.07) is 2.16. The zero-order valence-corrected chi connectivity index (χ0v) is 12.4. The summed E-state index contributed by atoms with van der Waals surface area (Å²) in [7, 11) is 2.00. The average molecular weight is 301 g/mol. The fourth-order valence-electron chi connectivity index (χ4n) is 2.79. The van der Waals surface area contributed by atoms with Gasteiger partial charge in [0.05, 0.1) is 16.8 Å². The van der Waals surface area contributed by atoms with E-state index in [2.05, 4.69) is 40.0 Å². The molecular weight excluding hydrogens is 280 g/mol. The molecule has 2 rings (SSSR count). The van der Waals surface area contributed by atoms with Gasteiger partial charge in [0.1, 0.15) is 5.76 Å². The number of rotatable bonds is 4. The Kier molecular flexibility index (Phi) is 3.95. The second-order valence-corrected chi connectivity index (χ2v) is 6.06. The minimum absolute atomic E-state index is 0.0611. The van der Waals surface area contributed by atoms with Crippen LogP contribution in [0.2, 0.25) is 0 Å². The van der Waals surface area contributed by atoms with Crippen molar-refractivity contribution in [3.8, 4) is 0 Å². The van der Waals surface area contributed by atoms with Crippen LogP contribution in [0.3, 0.4) is 0 Å². The molecule has 1 unspecified atom stereocenters. The van der Waals surface area contributed by atoms with E-state index >= 15 is 0 Å². The number of likely N-dealkylation sites (N-methyl/N-ethyl adjacent to an activating group) is 1. The Labute approximate surface area is 112 Å². The van der Waals surface area contributed by atoms with E-state index in [1.54, 1.807) is 6.26 Å². The van der Waals surface area contributed by atoms with Gasteiger partial charge in [-0.2, -0.15) is 0 Å². The molecule has 1 aromatic rings. The van der Waals surface area contributed by atoms with Crippen LogP contribution in [0.15, 0.2) is 21.2 Å². The van der Waals surface area contributed by atoms with Crippen molar-refractivity contribution in [1.29, 1.82) is 0 Å². The van der Waals surface area contributed by atoms with Gasteiger partial charge in [0, 0.05) is 5.54 Å². The molecule has 4 heteroatoms. The first-order valence-corrected chi connectivity index (χ1v) is 7.02. The van der Waals surface area contributed by atoms with E-state index in [-0.39, 0.29) is 11.6 Å². The van der Waals surface area contributed by atoms with Crippen LogP contribution >= 0.6 is 15.9 Å². The number of likely N-dealkylation sites (tertiary alicyclic amines) is 1. The van der Waals surface area contributed by atoms with Gasteiger partial charge in [-0.25, -0.2) is 0 Å². The van der Waals surface area contributed by atoms with Crippen LogP contribution in [0.25, 0.3) is 0 Å². The van der Waals surface area contributed by atoms with Crippen LogP contribution in [0, 0.1) is 0 Å². The van der Waals surface area contributed by atoms with Crippen molar-refractivity contribution in [3.63, 3.8) is 0 Å². The third-order valence-electron chi connectivity index (χ3n) is 3.82. The summed E-state index contributed by atoms with van der Waals surface area (Å²) < 4.78 is 6.67. The molecule has 1 fully saturated rings. The van der Waals surface area contributed by atoms with Gasteiger partial charge in [-0.3, -0.25) is 4.90 Å². The summed E-state index contributed by atoms with van der Waals surface area (Å²) >= 11 is 3.56. The maximum absolute atomic E-state index is 5.63. The van der Waals surface area contributed by atoms with Gasteiger partial charge in [-0.15, -0.1) is 0 Å². The highest BCUT2D eigenvalue weighted by molar-refractivity contribution is 9.10. The molecule has 1 N–H and O–H groups in total. The smallest absolute Gasteiger partial charge is 0.136 e. The van der Waals surface area contributed by atoms with Crippen molar-refractivity contribution in [2.45, 2.75) is 38.3 Å². The van der Waals surface area contributed by atoms with Gasteiger partial charge in [0.25, 0.3) is 0 Å². The van der Waals surface area contributed by atoms with Crippen molar-refractivity contribution in [3.05, 3.63) is 22.6 Å². The SMILES string of the molecule is CNC(c1occc1Br)C(C)(C)N1CCCC1. The van der Waals surface area contributed by atoms with Crippen LogP contribution in [-0.2, 0) is 0 Å². The molecule has 1 aliphatic heterocycles. The van der Waals surface area contributed by atoms with E-state index in [0.717, 1.165) is 10.2 Å². The van der Waals surface area contributed by atoms with Crippen molar-refractivity contribution in [2.24, 2.45) is 0 Å². The summed E-state index contributed by atoms with van der Waals surface area (Å²) in [5, 5.41) is 3.40. The largest absolute Gasteiger partial charge is 0.466 e. The second kappa shape index (κ2) is 5.12. The lowest BCUT2D eigenvalue weighted by molar-refractivity contribution is 0.0996. The fourth-order valence-corrected chi connectivity index (χ4v) is 3.22. The van der Waals surface area contributed by atoms with Crippen molar-refractivity contribution < 1.29 is 4.42 Å².